The van der Waals surface area contributed by atoms with E-state index in [0.717, 1.165) is 16.7 Å². The number of hydrogen-bond acceptors (Lipinski definition) is 3. The Balaban J connectivity index is 1.86. The Labute approximate surface area is 174 Å². The lowest BCUT2D eigenvalue weighted by atomic mass is 9.96. The van der Waals surface area contributed by atoms with Crippen LogP contribution in [0.4, 0.5) is 0 Å². The fourth-order valence-corrected chi connectivity index (χ4v) is 4.87. The maximum atomic E-state index is 12.8. The van der Waals surface area contributed by atoms with Gasteiger partial charge in [0.15, 0.2) is 0 Å². The van der Waals surface area contributed by atoms with Gasteiger partial charge in [-0.2, -0.15) is 0 Å². The second-order valence-corrected chi connectivity index (χ2v) is 10.1. The molecule has 156 valence electrons. The van der Waals surface area contributed by atoms with E-state index in [9.17, 15) is 13.2 Å². The van der Waals surface area contributed by atoms with Gasteiger partial charge in [-0.05, 0) is 35.4 Å². The van der Waals surface area contributed by atoms with Crippen LogP contribution in [0.2, 0.25) is 0 Å². The summed E-state index contributed by atoms with van der Waals surface area (Å²) < 4.78 is 26.5. The standard InChI is InChI=1S/C23H30N2O3S/c1-17(2)14-23(26)25-13-12-21(24-29(3,27)28)22(25)16-18-8-7-11-20(15-18)19-9-5-4-6-10-19/h4-11,15,17,21-22,24H,12-14,16H2,1-3H3. The van der Waals surface area contributed by atoms with E-state index in [-0.39, 0.29) is 23.9 Å². The predicted molar refractivity (Wildman–Crippen MR) is 117 cm³/mol. The van der Waals surface area contributed by atoms with Gasteiger partial charge in [0.25, 0.3) is 0 Å². The summed E-state index contributed by atoms with van der Waals surface area (Å²) in [7, 11) is -3.34. The molecule has 1 heterocycles. The third kappa shape index (κ3) is 5.90. The molecule has 0 aliphatic carbocycles. The largest absolute Gasteiger partial charge is 0.338 e. The molecule has 2 aromatic rings. The van der Waals surface area contributed by atoms with Gasteiger partial charge in [-0.15, -0.1) is 0 Å². The second-order valence-electron chi connectivity index (χ2n) is 8.31. The van der Waals surface area contributed by atoms with Crippen LogP contribution >= 0.6 is 0 Å². The summed E-state index contributed by atoms with van der Waals surface area (Å²) in [5.74, 6) is 0.369. The highest BCUT2D eigenvalue weighted by molar-refractivity contribution is 7.88. The summed E-state index contributed by atoms with van der Waals surface area (Å²) in [6, 6.07) is 18.0. The SMILES string of the molecule is CC(C)CC(=O)N1CCC(NS(C)(=O)=O)C1Cc1cccc(-c2ccccc2)c1. The van der Waals surface area contributed by atoms with E-state index >= 15 is 0 Å². The fourth-order valence-electron chi connectivity index (χ4n) is 4.04. The number of benzene rings is 2. The summed E-state index contributed by atoms with van der Waals surface area (Å²) in [4.78, 5) is 14.7. The van der Waals surface area contributed by atoms with Crippen molar-refractivity contribution in [1.82, 2.24) is 9.62 Å². The average molecular weight is 415 g/mol. The van der Waals surface area contributed by atoms with E-state index in [1.165, 1.54) is 6.26 Å². The zero-order chi connectivity index (χ0) is 21.0. The van der Waals surface area contributed by atoms with E-state index in [0.29, 0.717) is 25.8 Å². The quantitative estimate of drug-likeness (QED) is 0.754. The van der Waals surface area contributed by atoms with Crippen molar-refractivity contribution >= 4 is 15.9 Å². The number of sulfonamides is 1. The topological polar surface area (TPSA) is 66.5 Å². The van der Waals surface area contributed by atoms with E-state index in [2.05, 4.69) is 29.0 Å². The Kier molecular flexibility index (Phi) is 6.75. The van der Waals surface area contributed by atoms with Crippen molar-refractivity contribution in [2.24, 2.45) is 5.92 Å². The molecule has 0 radical (unpaired) electrons. The van der Waals surface area contributed by atoms with Crippen LogP contribution in [-0.2, 0) is 21.2 Å². The number of hydrogen-bond donors (Lipinski definition) is 1. The Morgan fingerprint density at radius 2 is 1.79 bits per heavy atom. The Morgan fingerprint density at radius 1 is 1.10 bits per heavy atom. The lowest BCUT2D eigenvalue weighted by Crippen LogP contribution is -2.47. The minimum Gasteiger partial charge on any atom is -0.338 e. The lowest BCUT2D eigenvalue weighted by Gasteiger charge is -2.29. The molecule has 3 rings (SSSR count). The lowest BCUT2D eigenvalue weighted by molar-refractivity contribution is -0.132. The Hall–Kier alpha value is -2.18. The van der Waals surface area contributed by atoms with Crippen LogP contribution in [0.1, 0.15) is 32.3 Å². The summed E-state index contributed by atoms with van der Waals surface area (Å²) in [5, 5.41) is 0. The van der Waals surface area contributed by atoms with Gasteiger partial charge >= 0.3 is 0 Å². The van der Waals surface area contributed by atoms with Crippen LogP contribution < -0.4 is 4.72 Å². The highest BCUT2D eigenvalue weighted by atomic mass is 32.2. The molecule has 2 aromatic carbocycles. The smallest absolute Gasteiger partial charge is 0.223 e. The van der Waals surface area contributed by atoms with E-state index in [1.807, 2.05) is 49.1 Å². The van der Waals surface area contributed by atoms with Crippen molar-refractivity contribution in [2.75, 3.05) is 12.8 Å². The minimum absolute atomic E-state index is 0.0991. The normalized spacial score (nSPS) is 19.7. The number of amides is 1. The van der Waals surface area contributed by atoms with Gasteiger partial charge < -0.3 is 4.90 Å². The van der Waals surface area contributed by atoms with Crippen molar-refractivity contribution < 1.29 is 13.2 Å². The van der Waals surface area contributed by atoms with Crippen LogP contribution in [0.25, 0.3) is 11.1 Å². The predicted octanol–water partition coefficient (Wildman–Crippen LogP) is 3.46. The van der Waals surface area contributed by atoms with Gasteiger partial charge in [-0.3, -0.25) is 4.79 Å². The first kappa shape index (κ1) is 21.5. The van der Waals surface area contributed by atoms with Crippen molar-refractivity contribution in [1.29, 1.82) is 0 Å². The summed E-state index contributed by atoms with van der Waals surface area (Å²) in [6.45, 7) is 4.64. The molecule has 6 heteroatoms. The van der Waals surface area contributed by atoms with Crippen LogP contribution in [0.5, 0.6) is 0 Å². The number of nitrogens with zero attached hydrogens (tertiary/aromatic N) is 1. The van der Waals surface area contributed by atoms with Crippen LogP contribution in [0, 0.1) is 5.92 Å². The van der Waals surface area contributed by atoms with Gasteiger partial charge in [0.05, 0.1) is 12.3 Å². The molecule has 1 amide bonds. The molecular formula is C23H30N2O3S. The first-order chi connectivity index (χ1) is 13.7. The molecule has 0 bridgehead atoms. The average Bonchev–Trinajstić information content (AvgIpc) is 3.03. The Bertz CT molecular complexity index is 942. The Morgan fingerprint density at radius 3 is 2.45 bits per heavy atom. The fraction of sp³-hybridized carbons (Fsp3) is 0.435. The van der Waals surface area contributed by atoms with Crippen molar-refractivity contribution in [3.05, 3.63) is 60.2 Å². The van der Waals surface area contributed by atoms with Gasteiger partial charge in [-0.25, -0.2) is 13.1 Å². The van der Waals surface area contributed by atoms with Gasteiger partial charge in [0.2, 0.25) is 15.9 Å². The summed E-state index contributed by atoms with van der Waals surface area (Å²) in [6.07, 6.45) is 2.92. The molecular weight excluding hydrogens is 384 g/mol. The molecule has 1 aliphatic rings. The first-order valence-electron chi connectivity index (χ1n) is 10.1. The monoisotopic (exact) mass is 414 g/mol. The molecule has 29 heavy (non-hydrogen) atoms. The summed E-state index contributed by atoms with van der Waals surface area (Å²) >= 11 is 0. The third-order valence-corrected chi connectivity index (χ3v) is 6.02. The number of nitrogens with one attached hydrogen (secondary N) is 1. The zero-order valence-corrected chi connectivity index (χ0v) is 18.2. The zero-order valence-electron chi connectivity index (χ0n) is 17.3. The molecule has 0 saturated carbocycles. The second kappa shape index (κ2) is 9.09. The van der Waals surface area contributed by atoms with Crippen molar-refractivity contribution in [3.8, 4) is 11.1 Å². The number of carbonyl (C=O) groups is 1. The maximum Gasteiger partial charge on any atom is 0.223 e. The van der Waals surface area contributed by atoms with Crippen molar-refractivity contribution in [2.45, 2.75) is 45.2 Å². The number of rotatable bonds is 7. The van der Waals surface area contributed by atoms with Gasteiger partial charge in [-0.1, -0.05) is 68.4 Å². The third-order valence-electron chi connectivity index (χ3n) is 5.29. The molecule has 1 fully saturated rings. The van der Waals surface area contributed by atoms with E-state index in [4.69, 9.17) is 0 Å². The molecule has 2 atom stereocenters. The van der Waals surface area contributed by atoms with Crippen molar-refractivity contribution in [3.63, 3.8) is 0 Å². The molecule has 2 unspecified atom stereocenters. The highest BCUT2D eigenvalue weighted by Crippen LogP contribution is 2.26. The number of carbonyl (C=O) groups excluding carboxylic acids is 1. The highest BCUT2D eigenvalue weighted by Gasteiger charge is 2.38. The molecule has 1 saturated heterocycles. The van der Waals surface area contributed by atoms with Gasteiger partial charge in [0.1, 0.15) is 0 Å². The van der Waals surface area contributed by atoms with Crippen LogP contribution in [-0.4, -0.2) is 44.1 Å². The minimum atomic E-state index is -3.34. The summed E-state index contributed by atoms with van der Waals surface area (Å²) in [5.41, 5.74) is 3.36. The van der Waals surface area contributed by atoms with E-state index < -0.39 is 10.0 Å². The number of likely N-dealkylation sites (tertiary alicyclic amines) is 1. The molecule has 0 aromatic heterocycles. The van der Waals surface area contributed by atoms with Gasteiger partial charge in [0, 0.05) is 19.0 Å². The molecule has 1 N–H and O–H groups in total. The van der Waals surface area contributed by atoms with Crippen LogP contribution in [0.15, 0.2) is 54.6 Å². The molecule has 0 spiro atoms. The van der Waals surface area contributed by atoms with E-state index in [1.54, 1.807) is 0 Å². The maximum absolute atomic E-state index is 12.8. The molecule has 1 aliphatic heterocycles. The first-order valence-corrected chi connectivity index (χ1v) is 12.0. The molecule has 5 nitrogen and oxygen atoms in total. The van der Waals surface area contributed by atoms with Crippen LogP contribution in [0.3, 0.4) is 0 Å².